The van der Waals surface area contributed by atoms with Gasteiger partial charge in [-0.3, -0.25) is 37.3 Å². The third-order valence-electron chi connectivity index (χ3n) is 16.3. The quantitative estimate of drug-likeness (QED) is 0.0222. The Bertz CT molecular complexity index is 1780. The highest BCUT2D eigenvalue weighted by atomic mass is 31.2. The van der Waals surface area contributed by atoms with Crippen LogP contribution in [0.3, 0.4) is 0 Å². The molecule has 534 valence electrons. The highest BCUT2D eigenvalue weighted by Crippen LogP contribution is 2.45. The van der Waals surface area contributed by atoms with E-state index < -0.39 is 97.5 Å². The Labute approximate surface area is 549 Å². The van der Waals surface area contributed by atoms with Gasteiger partial charge in [-0.25, -0.2) is 9.13 Å². The van der Waals surface area contributed by atoms with E-state index in [0.717, 1.165) is 108 Å². The highest BCUT2D eigenvalue weighted by Gasteiger charge is 2.30. The summed E-state index contributed by atoms with van der Waals surface area (Å²) in [4.78, 5) is 72.5. The first-order valence-electron chi connectivity index (χ1n) is 36.7. The van der Waals surface area contributed by atoms with E-state index >= 15 is 0 Å². The maximum absolute atomic E-state index is 13.0. The Balaban J connectivity index is 5.20. The van der Waals surface area contributed by atoms with E-state index in [1.54, 1.807) is 0 Å². The van der Waals surface area contributed by atoms with Gasteiger partial charge in [0.1, 0.15) is 19.3 Å². The summed E-state index contributed by atoms with van der Waals surface area (Å²) in [6.45, 7) is 14.0. The molecule has 0 bridgehead atoms. The van der Waals surface area contributed by atoms with E-state index in [0.29, 0.717) is 37.5 Å². The topological polar surface area (TPSA) is 237 Å². The zero-order valence-electron chi connectivity index (χ0n) is 58.8. The maximum Gasteiger partial charge on any atom is 0.472 e. The molecule has 0 aliphatic rings. The molecular formula is C71H138O17P2. The summed E-state index contributed by atoms with van der Waals surface area (Å²) >= 11 is 0. The summed E-state index contributed by atoms with van der Waals surface area (Å²) in [5.41, 5.74) is 0. The summed E-state index contributed by atoms with van der Waals surface area (Å²) in [5.74, 6) is 0.800. The van der Waals surface area contributed by atoms with Crippen molar-refractivity contribution in [1.82, 2.24) is 0 Å². The molecule has 3 N–H and O–H groups in total. The second-order valence-electron chi connectivity index (χ2n) is 27.5. The number of rotatable bonds is 68. The average Bonchev–Trinajstić information content (AvgIpc) is 3.67. The minimum absolute atomic E-state index is 0.101. The molecule has 0 aromatic rings. The molecule has 0 saturated carbocycles. The molecule has 17 nitrogen and oxygen atoms in total. The van der Waals surface area contributed by atoms with Crippen molar-refractivity contribution in [2.45, 2.75) is 369 Å². The monoisotopic (exact) mass is 1320 g/mol. The molecule has 0 heterocycles. The molecule has 0 fully saturated rings. The molecule has 0 aliphatic heterocycles. The van der Waals surface area contributed by atoms with Crippen LogP contribution in [-0.2, 0) is 65.4 Å². The van der Waals surface area contributed by atoms with Gasteiger partial charge >= 0.3 is 39.5 Å². The molecule has 0 radical (unpaired) electrons. The van der Waals surface area contributed by atoms with Crippen molar-refractivity contribution in [2.75, 3.05) is 39.6 Å². The molecule has 0 amide bonds. The summed E-state index contributed by atoms with van der Waals surface area (Å²) in [5, 5.41) is 10.6. The van der Waals surface area contributed by atoms with Gasteiger partial charge < -0.3 is 33.8 Å². The zero-order chi connectivity index (χ0) is 66.8. The fourth-order valence-electron chi connectivity index (χ4n) is 10.7. The van der Waals surface area contributed by atoms with Crippen LogP contribution in [0.15, 0.2) is 0 Å². The Morgan fingerprint density at radius 1 is 0.278 bits per heavy atom. The second-order valence-corrected chi connectivity index (χ2v) is 30.4. The first-order chi connectivity index (χ1) is 43.1. The second kappa shape index (κ2) is 60.7. The number of carbonyl (C=O) groups excluding carboxylic acids is 4. The predicted molar refractivity (Wildman–Crippen MR) is 363 cm³/mol. The number of phosphoric acid groups is 2. The molecule has 19 heteroatoms. The van der Waals surface area contributed by atoms with Crippen LogP contribution in [0.5, 0.6) is 0 Å². The molecule has 0 saturated heterocycles. The number of esters is 4. The fourth-order valence-corrected chi connectivity index (χ4v) is 12.2. The first kappa shape index (κ1) is 88.1. The number of hydrogen-bond donors (Lipinski definition) is 3. The third kappa shape index (κ3) is 64.8. The number of aliphatic hydroxyl groups excluding tert-OH is 1. The van der Waals surface area contributed by atoms with Gasteiger partial charge in [0.05, 0.1) is 26.4 Å². The lowest BCUT2D eigenvalue weighted by atomic mass is 10.0. The predicted octanol–water partition coefficient (Wildman–Crippen LogP) is 20.1. The van der Waals surface area contributed by atoms with Crippen molar-refractivity contribution in [3.63, 3.8) is 0 Å². The lowest BCUT2D eigenvalue weighted by molar-refractivity contribution is -0.161. The van der Waals surface area contributed by atoms with Crippen molar-refractivity contribution in [2.24, 2.45) is 23.7 Å². The van der Waals surface area contributed by atoms with Crippen molar-refractivity contribution < 1.29 is 80.2 Å². The number of aliphatic hydroxyl groups is 1. The zero-order valence-corrected chi connectivity index (χ0v) is 60.6. The molecule has 0 aromatic carbocycles. The molecule has 90 heavy (non-hydrogen) atoms. The van der Waals surface area contributed by atoms with Gasteiger partial charge in [-0.2, -0.15) is 0 Å². The summed E-state index contributed by atoms with van der Waals surface area (Å²) in [6.07, 6.45) is 43.4. The van der Waals surface area contributed by atoms with Gasteiger partial charge in [0.25, 0.3) is 0 Å². The van der Waals surface area contributed by atoms with Crippen LogP contribution in [0.2, 0.25) is 0 Å². The van der Waals surface area contributed by atoms with Crippen LogP contribution < -0.4 is 0 Å². The van der Waals surface area contributed by atoms with E-state index in [-0.39, 0.29) is 25.7 Å². The van der Waals surface area contributed by atoms with Crippen LogP contribution >= 0.6 is 15.6 Å². The standard InChI is InChI=1S/C71H138O17P2/c1-61(2)47-39-31-23-18-14-12-10-9-11-13-15-20-26-35-43-51-68(73)81-57-66(87-70(75)53-45-37-27-21-17-16-19-24-32-40-48-62(3)4)59-85-89(77,78)83-55-65(72)56-84-90(79,80)86-60-67(88-71(76)54-46-38-30-29-34-42-50-64(7)8)58-82-69(74)52-44-36-28-22-25-33-41-49-63(5)6/h61-67,72H,9-60H2,1-8H3,(H,77,78)(H,79,80)/t65?,66-,67-/m1/s1. The number of phosphoric ester groups is 2. The van der Waals surface area contributed by atoms with Crippen LogP contribution in [0.4, 0.5) is 0 Å². The number of carbonyl (C=O) groups is 4. The van der Waals surface area contributed by atoms with E-state index in [1.807, 2.05) is 0 Å². The lowest BCUT2D eigenvalue weighted by Crippen LogP contribution is -2.30. The number of hydrogen-bond acceptors (Lipinski definition) is 15. The number of unbranched alkanes of at least 4 members (excludes halogenated alkanes) is 34. The first-order valence-corrected chi connectivity index (χ1v) is 39.7. The smallest absolute Gasteiger partial charge is 0.462 e. The molecule has 0 rings (SSSR count). The van der Waals surface area contributed by atoms with Crippen LogP contribution in [0.1, 0.15) is 351 Å². The van der Waals surface area contributed by atoms with Gasteiger partial charge in [0.15, 0.2) is 12.2 Å². The van der Waals surface area contributed by atoms with Gasteiger partial charge in [-0.1, -0.05) is 299 Å². The minimum Gasteiger partial charge on any atom is -0.462 e. The van der Waals surface area contributed by atoms with Gasteiger partial charge in [-0.05, 0) is 49.4 Å². The Kier molecular flexibility index (Phi) is 59.4. The van der Waals surface area contributed by atoms with Crippen LogP contribution in [0, 0.1) is 23.7 Å². The molecule has 0 spiro atoms. The summed E-state index contributed by atoms with van der Waals surface area (Å²) in [6, 6.07) is 0. The summed E-state index contributed by atoms with van der Waals surface area (Å²) in [7, 11) is -9.90. The SMILES string of the molecule is CC(C)CCCCCCCCCCCCCCCCCC(=O)OC[C@H](COP(=O)(O)OCC(O)COP(=O)(O)OC[C@@H](COC(=O)CCCCCCCCCC(C)C)OC(=O)CCCCCCCCC(C)C)OC(=O)CCCCCCCCCCCCC(C)C. The molecule has 3 unspecified atom stereocenters. The van der Waals surface area contributed by atoms with E-state index in [4.69, 9.17) is 37.0 Å². The Hall–Kier alpha value is -1.94. The minimum atomic E-state index is -4.95. The van der Waals surface area contributed by atoms with Gasteiger partial charge in [0, 0.05) is 25.7 Å². The van der Waals surface area contributed by atoms with E-state index in [9.17, 15) is 43.2 Å². The molecule has 5 atom stereocenters. The largest absolute Gasteiger partial charge is 0.472 e. The summed E-state index contributed by atoms with van der Waals surface area (Å²) < 4.78 is 68.2. The van der Waals surface area contributed by atoms with Crippen molar-refractivity contribution in [3.8, 4) is 0 Å². The van der Waals surface area contributed by atoms with E-state index in [2.05, 4.69) is 55.4 Å². The van der Waals surface area contributed by atoms with Gasteiger partial charge in [-0.15, -0.1) is 0 Å². The van der Waals surface area contributed by atoms with Crippen molar-refractivity contribution in [1.29, 1.82) is 0 Å². The fraction of sp³-hybridized carbons (Fsp3) is 0.944. The number of ether oxygens (including phenoxy) is 4. The van der Waals surface area contributed by atoms with Crippen LogP contribution in [0.25, 0.3) is 0 Å². The lowest BCUT2D eigenvalue weighted by Gasteiger charge is -2.21. The molecule has 0 aliphatic carbocycles. The molecule has 0 aromatic heterocycles. The van der Waals surface area contributed by atoms with Crippen molar-refractivity contribution >= 4 is 39.5 Å². The normalized spacial score (nSPS) is 14.3. The average molecular weight is 1330 g/mol. The Morgan fingerprint density at radius 2 is 0.467 bits per heavy atom. The Morgan fingerprint density at radius 3 is 0.689 bits per heavy atom. The van der Waals surface area contributed by atoms with Crippen molar-refractivity contribution in [3.05, 3.63) is 0 Å². The van der Waals surface area contributed by atoms with E-state index in [1.165, 1.54) is 148 Å². The van der Waals surface area contributed by atoms with Gasteiger partial charge in [0.2, 0.25) is 0 Å². The maximum atomic E-state index is 13.0. The highest BCUT2D eigenvalue weighted by molar-refractivity contribution is 7.47. The third-order valence-corrected chi connectivity index (χ3v) is 18.2. The molecular weight excluding hydrogens is 1190 g/mol. The van der Waals surface area contributed by atoms with Crippen LogP contribution in [-0.4, -0.2) is 96.7 Å².